The van der Waals surface area contributed by atoms with E-state index >= 15 is 0 Å². The van der Waals surface area contributed by atoms with Gasteiger partial charge in [0.15, 0.2) is 0 Å². The monoisotopic (exact) mass is 253 g/mol. The third-order valence-corrected chi connectivity index (χ3v) is 2.88. The molecule has 1 aromatic rings. The second-order valence-electron chi connectivity index (χ2n) is 4.20. The molecule has 0 radical (unpaired) electrons. The van der Waals surface area contributed by atoms with Gasteiger partial charge in [-0.05, 0) is 12.8 Å². The Morgan fingerprint density at radius 2 is 2.44 bits per heavy atom. The molecule has 1 aliphatic rings. The Balaban J connectivity index is 2.20. The second kappa shape index (κ2) is 5.13. The lowest BCUT2D eigenvalue weighted by Crippen LogP contribution is -2.30. The quantitative estimate of drug-likeness (QED) is 0.617. The van der Waals surface area contributed by atoms with Gasteiger partial charge in [-0.25, -0.2) is 9.97 Å². The Labute approximate surface area is 104 Å². The summed E-state index contributed by atoms with van der Waals surface area (Å²) in [5, 5.41) is 11.0. The van der Waals surface area contributed by atoms with Crippen LogP contribution in [-0.4, -0.2) is 41.2 Å². The van der Waals surface area contributed by atoms with Crippen LogP contribution in [0.2, 0.25) is 0 Å². The van der Waals surface area contributed by atoms with Gasteiger partial charge in [-0.2, -0.15) is 0 Å². The van der Waals surface area contributed by atoms with Gasteiger partial charge in [-0.3, -0.25) is 10.1 Å². The van der Waals surface area contributed by atoms with Gasteiger partial charge in [0.25, 0.3) is 0 Å². The van der Waals surface area contributed by atoms with E-state index in [4.69, 9.17) is 10.5 Å². The number of nitro groups is 1. The molecule has 0 aliphatic carbocycles. The van der Waals surface area contributed by atoms with E-state index in [1.165, 1.54) is 6.33 Å². The molecule has 18 heavy (non-hydrogen) atoms. The van der Waals surface area contributed by atoms with Crippen LogP contribution in [0.15, 0.2) is 6.33 Å². The Kier molecular flexibility index (Phi) is 3.56. The Morgan fingerprint density at radius 1 is 1.67 bits per heavy atom. The predicted octanol–water partition coefficient (Wildman–Crippen LogP) is 0.582. The first-order valence-corrected chi connectivity index (χ1v) is 5.67. The van der Waals surface area contributed by atoms with Crippen LogP contribution in [0.25, 0.3) is 0 Å². The predicted molar refractivity (Wildman–Crippen MR) is 65.3 cm³/mol. The second-order valence-corrected chi connectivity index (χ2v) is 4.20. The van der Waals surface area contributed by atoms with Crippen molar-refractivity contribution in [3.8, 4) is 0 Å². The summed E-state index contributed by atoms with van der Waals surface area (Å²) >= 11 is 0. The lowest BCUT2D eigenvalue weighted by atomic mass is 10.2. The Bertz CT molecular complexity index is 447. The van der Waals surface area contributed by atoms with Gasteiger partial charge < -0.3 is 15.4 Å². The van der Waals surface area contributed by atoms with Crippen molar-refractivity contribution in [2.24, 2.45) is 0 Å². The van der Waals surface area contributed by atoms with E-state index < -0.39 is 4.92 Å². The summed E-state index contributed by atoms with van der Waals surface area (Å²) in [5.41, 5.74) is 5.27. The van der Waals surface area contributed by atoms with Crippen LogP contribution >= 0.6 is 0 Å². The fourth-order valence-electron chi connectivity index (χ4n) is 2.02. The van der Waals surface area contributed by atoms with Gasteiger partial charge in [0.2, 0.25) is 11.6 Å². The maximum Gasteiger partial charge on any atom is 0.353 e. The molecular weight excluding hydrogens is 238 g/mol. The minimum atomic E-state index is -0.559. The standard InChI is InChI=1S/C10H15N5O3/c1-14(5-7-3-2-4-18-7)10-8(15(16)17)9(11)12-6-13-10/h6-7H,2-5H2,1H3,(H2,11,12,13). The zero-order chi connectivity index (χ0) is 13.1. The van der Waals surface area contributed by atoms with Crippen molar-refractivity contribution >= 4 is 17.3 Å². The first kappa shape index (κ1) is 12.5. The maximum absolute atomic E-state index is 11.0. The molecule has 0 saturated carbocycles. The average Bonchev–Trinajstić information content (AvgIpc) is 2.80. The topological polar surface area (TPSA) is 107 Å². The minimum absolute atomic E-state index is 0.0887. The first-order chi connectivity index (χ1) is 8.59. The van der Waals surface area contributed by atoms with Crippen LogP contribution in [0.3, 0.4) is 0 Å². The van der Waals surface area contributed by atoms with Crippen molar-refractivity contribution in [3.63, 3.8) is 0 Å². The summed E-state index contributed by atoms with van der Waals surface area (Å²) in [7, 11) is 1.73. The summed E-state index contributed by atoms with van der Waals surface area (Å²) in [5.74, 6) is 0.104. The van der Waals surface area contributed by atoms with Gasteiger partial charge in [-0.15, -0.1) is 0 Å². The van der Waals surface area contributed by atoms with Crippen molar-refractivity contribution in [1.82, 2.24) is 9.97 Å². The van der Waals surface area contributed by atoms with E-state index in [2.05, 4.69) is 9.97 Å². The van der Waals surface area contributed by atoms with Gasteiger partial charge in [0.05, 0.1) is 11.0 Å². The SMILES string of the molecule is CN(CC1CCCO1)c1ncnc(N)c1[N+](=O)[O-]. The van der Waals surface area contributed by atoms with E-state index in [9.17, 15) is 10.1 Å². The fourth-order valence-corrected chi connectivity index (χ4v) is 2.02. The molecule has 8 heteroatoms. The summed E-state index contributed by atoms with van der Waals surface area (Å²) < 4.78 is 5.49. The highest BCUT2D eigenvalue weighted by Crippen LogP contribution is 2.29. The molecule has 1 saturated heterocycles. The number of rotatable bonds is 4. The summed E-state index contributed by atoms with van der Waals surface area (Å²) in [6.45, 7) is 1.30. The molecule has 2 rings (SSSR count). The number of ether oxygens (including phenoxy) is 1. The molecule has 98 valence electrons. The number of likely N-dealkylation sites (N-methyl/N-ethyl adjacent to an activating group) is 1. The average molecular weight is 253 g/mol. The summed E-state index contributed by atoms with van der Waals surface area (Å²) in [6, 6.07) is 0. The van der Waals surface area contributed by atoms with E-state index in [1.54, 1.807) is 11.9 Å². The van der Waals surface area contributed by atoms with Crippen LogP contribution < -0.4 is 10.6 Å². The van der Waals surface area contributed by atoms with Crippen molar-refractivity contribution in [2.45, 2.75) is 18.9 Å². The molecule has 2 N–H and O–H groups in total. The van der Waals surface area contributed by atoms with E-state index in [0.717, 1.165) is 19.4 Å². The van der Waals surface area contributed by atoms with Gasteiger partial charge in [0.1, 0.15) is 6.33 Å². The van der Waals surface area contributed by atoms with Crippen molar-refractivity contribution in [1.29, 1.82) is 0 Å². The number of nitrogens with zero attached hydrogens (tertiary/aromatic N) is 4. The molecular formula is C10H15N5O3. The lowest BCUT2D eigenvalue weighted by molar-refractivity contribution is -0.383. The van der Waals surface area contributed by atoms with Gasteiger partial charge >= 0.3 is 5.69 Å². The van der Waals surface area contributed by atoms with Crippen LogP contribution in [0.5, 0.6) is 0 Å². The molecule has 0 spiro atoms. The summed E-state index contributed by atoms with van der Waals surface area (Å²) in [4.78, 5) is 19.7. The first-order valence-electron chi connectivity index (χ1n) is 5.67. The van der Waals surface area contributed by atoms with Crippen LogP contribution in [0.1, 0.15) is 12.8 Å². The normalized spacial score (nSPS) is 18.8. The molecule has 1 aliphatic heterocycles. The smallest absolute Gasteiger partial charge is 0.353 e. The highest BCUT2D eigenvalue weighted by atomic mass is 16.6. The number of nitrogen functional groups attached to an aromatic ring is 1. The molecule has 1 atom stereocenters. The third kappa shape index (κ3) is 2.48. The minimum Gasteiger partial charge on any atom is -0.378 e. The van der Waals surface area contributed by atoms with E-state index in [0.29, 0.717) is 6.54 Å². The van der Waals surface area contributed by atoms with E-state index in [-0.39, 0.29) is 23.4 Å². The lowest BCUT2D eigenvalue weighted by Gasteiger charge is -2.21. The number of anilines is 2. The van der Waals surface area contributed by atoms with Gasteiger partial charge in [-0.1, -0.05) is 0 Å². The number of hydrogen-bond acceptors (Lipinski definition) is 7. The highest BCUT2D eigenvalue weighted by Gasteiger charge is 2.26. The van der Waals surface area contributed by atoms with Crippen molar-refractivity contribution < 1.29 is 9.66 Å². The maximum atomic E-state index is 11.0. The molecule has 1 aromatic heterocycles. The molecule has 1 fully saturated rings. The van der Waals surface area contributed by atoms with Crippen molar-refractivity contribution in [2.75, 3.05) is 30.8 Å². The molecule has 8 nitrogen and oxygen atoms in total. The number of nitrogens with two attached hydrogens (primary N) is 1. The fraction of sp³-hybridized carbons (Fsp3) is 0.600. The Hall–Kier alpha value is -1.96. The van der Waals surface area contributed by atoms with Crippen LogP contribution in [0.4, 0.5) is 17.3 Å². The molecule has 0 bridgehead atoms. The summed E-state index contributed by atoms with van der Waals surface area (Å²) in [6.07, 6.45) is 3.29. The zero-order valence-corrected chi connectivity index (χ0v) is 10.1. The third-order valence-electron chi connectivity index (χ3n) is 2.88. The van der Waals surface area contributed by atoms with Crippen molar-refractivity contribution in [3.05, 3.63) is 16.4 Å². The van der Waals surface area contributed by atoms with Crippen LogP contribution in [-0.2, 0) is 4.74 Å². The molecule has 0 amide bonds. The zero-order valence-electron chi connectivity index (χ0n) is 10.1. The largest absolute Gasteiger partial charge is 0.378 e. The molecule has 0 aromatic carbocycles. The molecule has 1 unspecified atom stereocenters. The van der Waals surface area contributed by atoms with E-state index in [1.807, 2.05) is 0 Å². The highest BCUT2D eigenvalue weighted by molar-refractivity contribution is 5.68. The number of aromatic nitrogens is 2. The van der Waals surface area contributed by atoms with Crippen LogP contribution in [0, 0.1) is 10.1 Å². The number of hydrogen-bond donors (Lipinski definition) is 1. The van der Waals surface area contributed by atoms with Gasteiger partial charge in [0, 0.05) is 20.2 Å². The Morgan fingerprint density at radius 3 is 3.06 bits per heavy atom. The molecule has 2 heterocycles.